The molecule has 0 aliphatic carbocycles. The van der Waals surface area contributed by atoms with Crippen LogP contribution in [0.1, 0.15) is 25.7 Å². The number of likely N-dealkylation sites (N-methyl/N-ethyl adjacent to an activating group) is 1. The molecule has 7 heteroatoms. The highest BCUT2D eigenvalue weighted by Crippen LogP contribution is 2.20. The third-order valence-electron chi connectivity index (χ3n) is 3.68. The minimum Gasteiger partial charge on any atom is -0.327 e. The summed E-state index contributed by atoms with van der Waals surface area (Å²) < 4.78 is 0.669. The van der Waals surface area contributed by atoms with E-state index in [2.05, 4.69) is 15.0 Å². The standard InChI is InChI=1S/C15H25N4O3/c1-19(2,3)15(10-18-13-22)8-14(9-17-12-21)6-4-5-7-16-11-20/h14-15H,4-10H2,1-3H3/q+1. The second kappa shape index (κ2) is 11.7. The maximum absolute atomic E-state index is 10.4. The number of quaternary nitrogens is 1. The number of aliphatic imine (C=N–C) groups is 3. The number of carbonyl (C=O) groups excluding carboxylic acids is 3. The highest BCUT2D eigenvalue weighted by molar-refractivity contribution is 5.33. The molecule has 0 N–H and O–H groups in total. The van der Waals surface area contributed by atoms with Gasteiger partial charge < -0.3 is 4.48 Å². The summed E-state index contributed by atoms with van der Waals surface area (Å²) in [6, 6.07) is 0.154. The van der Waals surface area contributed by atoms with Crippen molar-refractivity contribution in [2.75, 3.05) is 40.8 Å². The van der Waals surface area contributed by atoms with Crippen LogP contribution in [0, 0.1) is 5.92 Å². The van der Waals surface area contributed by atoms with Crippen molar-refractivity contribution in [3.63, 3.8) is 0 Å². The first-order valence-corrected chi connectivity index (χ1v) is 7.37. The Hall–Kier alpha value is -1.90. The number of hydrogen-bond donors (Lipinski definition) is 0. The lowest BCUT2D eigenvalue weighted by atomic mass is 9.93. The van der Waals surface area contributed by atoms with Gasteiger partial charge in [-0.15, -0.1) is 0 Å². The molecule has 122 valence electrons. The molecule has 0 bridgehead atoms. The monoisotopic (exact) mass is 309 g/mol. The van der Waals surface area contributed by atoms with Crippen LogP contribution in [0.3, 0.4) is 0 Å². The Kier molecular flexibility index (Phi) is 10.7. The molecule has 22 heavy (non-hydrogen) atoms. The van der Waals surface area contributed by atoms with Gasteiger partial charge in [0.05, 0.1) is 34.2 Å². The minimum atomic E-state index is 0.154. The van der Waals surface area contributed by atoms with Crippen molar-refractivity contribution in [3.05, 3.63) is 0 Å². The molecule has 0 saturated carbocycles. The SMILES string of the molecule is C[N+](C)(C)C(CN=C=O)CC(CCCCN=C=O)CN=C=O. The fourth-order valence-corrected chi connectivity index (χ4v) is 2.28. The van der Waals surface area contributed by atoms with E-state index in [4.69, 9.17) is 0 Å². The van der Waals surface area contributed by atoms with Gasteiger partial charge in [0, 0.05) is 6.42 Å². The summed E-state index contributed by atoms with van der Waals surface area (Å²) in [6.45, 7) is 1.30. The highest BCUT2D eigenvalue weighted by Gasteiger charge is 2.27. The Morgan fingerprint density at radius 2 is 1.45 bits per heavy atom. The second-order valence-electron chi connectivity index (χ2n) is 6.20. The van der Waals surface area contributed by atoms with Gasteiger partial charge in [-0.2, -0.15) is 4.99 Å². The van der Waals surface area contributed by atoms with E-state index in [1.165, 1.54) is 6.08 Å². The van der Waals surface area contributed by atoms with Crippen molar-refractivity contribution < 1.29 is 18.9 Å². The summed E-state index contributed by atoms with van der Waals surface area (Å²) >= 11 is 0. The fraction of sp³-hybridized carbons (Fsp3) is 0.800. The largest absolute Gasteiger partial charge is 0.327 e. The van der Waals surface area contributed by atoms with E-state index in [-0.39, 0.29) is 12.0 Å². The smallest absolute Gasteiger partial charge is 0.235 e. The maximum Gasteiger partial charge on any atom is 0.235 e. The van der Waals surface area contributed by atoms with Gasteiger partial charge >= 0.3 is 0 Å². The normalized spacial score (nSPS) is 13.2. The molecule has 0 aromatic heterocycles. The number of nitrogens with zero attached hydrogens (tertiary/aromatic N) is 4. The molecule has 0 rings (SSSR count). The van der Waals surface area contributed by atoms with Crippen LogP contribution in [0.2, 0.25) is 0 Å². The Labute approximate surface area is 131 Å². The third-order valence-corrected chi connectivity index (χ3v) is 3.68. The number of rotatable bonds is 12. The predicted octanol–water partition coefficient (Wildman–Crippen LogP) is 1.25. The lowest BCUT2D eigenvalue weighted by Gasteiger charge is -2.35. The Bertz CT molecular complexity index is 454. The van der Waals surface area contributed by atoms with E-state index in [0.29, 0.717) is 24.1 Å². The molecule has 2 atom stereocenters. The van der Waals surface area contributed by atoms with Crippen molar-refractivity contribution in [3.8, 4) is 0 Å². The molecule has 7 nitrogen and oxygen atoms in total. The molecule has 0 fully saturated rings. The first-order valence-electron chi connectivity index (χ1n) is 7.37. The number of unbranched alkanes of at least 4 members (excludes halogenated alkanes) is 1. The molecular weight excluding hydrogens is 284 g/mol. The predicted molar refractivity (Wildman–Crippen MR) is 82.7 cm³/mol. The molecule has 0 spiro atoms. The third kappa shape index (κ3) is 9.92. The van der Waals surface area contributed by atoms with Gasteiger partial charge in [0.25, 0.3) is 0 Å². The Morgan fingerprint density at radius 3 is 2.00 bits per heavy atom. The maximum atomic E-state index is 10.4. The van der Waals surface area contributed by atoms with Crippen molar-refractivity contribution >= 4 is 18.2 Å². The quantitative estimate of drug-likeness (QED) is 0.235. The van der Waals surface area contributed by atoms with Gasteiger partial charge in [0.15, 0.2) is 0 Å². The van der Waals surface area contributed by atoms with Crippen molar-refractivity contribution in [1.82, 2.24) is 0 Å². The molecule has 0 aromatic rings. The van der Waals surface area contributed by atoms with Crippen LogP contribution in [0.5, 0.6) is 0 Å². The van der Waals surface area contributed by atoms with E-state index in [0.717, 1.165) is 25.7 Å². The molecular formula is C15H25N4O3+. The van der Waals surface area contributed by atoms with Gasteiger partial charge in [-0.3, -0.25) is 0 Å². The van der Waals surface area contributed by atoms with E-state index in [1.54, 1.807) is 12.2 Å². The first-order chi connectivity index (χ1) is 10.5. The van der Waals surface area contributed by atoms with Crippen molar-refractivity contribution in [1.29, 1.82) is 0 Å². The summed E-state index contributed by atoms with van der Waals surface area (Å²) in [7, 11) is 6.14. The van der Waals surface area contributed by atoms with E-state index in [9.17, 15) is 14.4 Å². The fourth-order valence-electron chi connectivity index (χ4n) is 2.28. The molecule has 0 aromatic carbocycles. The molecule has 0 saturated heterocycles. The molecule has 0 heterocycles. The zero-order valence-corrected chi connectivity index (χ0v) is 13.6. The van der Waals surface area contributed by atoms with Crippen molar-refractivity contribution in [2.24, 2.45) is 20.9 Å². The summed E-state index contributed by atoms with van der Waals surface area (Å²) in [5, 5.41) is 0. The van der Waals surface area contributed by atoms with Crippen LogP contribution in [0.4, 0.5) is 0 Å². The van der Waals surface area contributed by atoms with Gasteiger partial charge in [0.2, 0.25) is 18.2 Å². The summed E-state index contributed by atoms with van der Waals surface area (Å²) in [5.74, 6) is 0.214. The summed E-state index contributed by atoms with van der Waals surface area (Å²) in [6.07, 6.45) is 8.06. The molecule has 0 radical (unpaired) electrons. The number of hydrogen-bond acceptors (Lipinski definition) is 6. The summed E-state index contributed by atoms with van der Waals surface area (Å²) in [5.41, 5.74) is 0. The number of isocyanates is 3. The van der Waals surface area contributed by atoms with Crippen LogP contribution < -0.4 is 0 Å². The van der Waals surface area contributed by atoms with Gasteiger partial charge in [-0.1, -0.05) is 6.42 Å². The average molecular weight is 309 g/mol. The average Bonchev–Trinajstić information content (AvgIpc) is 2.46. The lowest BCUT2D eigenvalue weighted by Crippen LogP contribution is -2.48. The van der Waals surface area contributed by atoms with Crippen molar-refractivity contribution in [2.45, 2.75) is 31.7 Å². The van der Waals surface area contributed by atoms with E-state index >= 15 is 0 Å². The van der Waals surface area contributed by atoms with Crippen LogP contribution in [0.15, 0.2) is 15.0 Å². The van der Waals surface area contributed by atoms with Gasteiger partial charge in [0.1, 0.15) is 12.6 Å². The lowest BCUT2D eigenvalue weighted by molar-refractivity contribution is -0.895. The summed E-state index contributed by atoms with van der Waals surface area (Å²) in [4.78, 5) is 41.6. The van der Waals surface area contributed by atoms with E-state index < -0.39 is 0 Å². The molecule has 2 unspecified atom stereocenters. The molecule has 0 amide bonds. The van der Waals surface area contributed by atoms with Gasteiger partial charge in [-0.25, -0.2) is 24.4 Å². The van der Waals surface area contributed by atoms with Crippen LogP contribution in [0.25, 0.3) is 0 Å². The highest BCUT2D eigenvalue weighted by atomic mass is 16.1. The van der Waals surface area contributed by atoms with E-state index in [1.807, 2.05) is 21.1 Å². The topological polar surface area (TPSA) is 88.3 Å². The van der Waals surface area contributed by atoms with Crippen LogP contribution in [-0.4, -0.2) is 69.5 Å². The minimum absolute atomic E-state index is 0.154. The first kappa shape index (κ1) is 20.1. The zero-order chi connectivity index (χ0) is 16.8. The zero-order valence-electron chi connectivity index (χ0n) is 13.6. The molecule has 0 aliphatic heterocycles. The second-order valence-corrected chi connectivity index (χ2v) is 6.20. The Balaban J connectivity index is 4.65. The van der Waals surface area contributed by atoms with Gasteiger partial charge in [-0.05, 0) is 18.8 Å². The van der Waals surface area contributed by atoms with Crippen LogP contribution >= 0.6 is 0 Å². The Morgan fingerprint density at radius 1 is 0.864 bits per heavy atom. The molecule has 0 aliphatic rings. The van der Waals surface area contributed by atoms with Crippen LogP contribution in [-0.2, 0) is 14.4 Å².